The normalized spacial score (nSPS) is 10.3. The van der Waals surface area contributed by atoms with Gasteiger partial charge in [-0.25, -0.2) is 0 Å². The number of nitrogens with zero attached hydrogens (tertiary/aromatic N) is 1. The molecular formula is C16H10ClN3O. The molecule has 0 saturated heterocycles. The molecule has 0 aliphatic rings. The number of aromatic amines is 1. The summed E-state index contributed by atoms with van der Waals surface area (Å²) in [6, 6.07) is 16.2. The van der Waals surface area contributed by atoms with E-state index < -0.39 is 0 Å². The van der Waals surface area contributed by atoms with Crippen molar-refractivity contribution < 1.29 is 4.79 Å². The van der Waals surface area contributed by atoms with E-state index in [2.05, 4.69) is 10.3 Å². The van der Waals surface area contributed by atoms with Crippen LogP contribution >= 0.6 is 11.6 Å². The van der Waals surface area contributed by atoms with Gasteiger partial charge in [-0.15, -0.1) is 0 Å². The number of para-hydroxylation sites is 1. The van der Waals surface area contributed by atoms with Crippen LogP contribution in [0, 0.1) is 11.3 Å². The van der Waals surface area contributed by atoms with Gasteiger partial charge in [0.05, 0.1) is 10.6 Å². The number of carbonyl (C=O) groups excluding carboxylic acids is 1. The molecule has 2 N–H and O–H groups in total. The molecule has 4 nitrogen and oxygen atoms in total. The second-order valence-corrected chi connectivity index (χ2v) is 4.94. The van der Waals surface area contributed by atoms with Gasteiger partial charge in [-0.3, -0.25) is 4.79 Å². The van der Waals surface area contributed by atoms with Crippen LogP contribution in [0.2, 0.25) is 5.02 Å². The van der Waals surface area contributed by atoms with E-state index in [4.69, 9.17) is 16.9 Å². The Labute approximate surface area is 126 Å². The molecule has 21 heavy (non-hydrogen) atoms. The Morgan fingerprint density at radius 3 is 2.71 bits per heavy atom. The lowest BCUT2D eigenvalue weighted by Crippen LogP contribution is -2.12. The third kappa shape index (κ3) is 2.60. The van der Waals surface area contributed by atoms with Gasteiger partial charge >= 0.3 is 0 Å². The summed E-state index contributed by atoms with van der Waals surface area (Å²) in [4.78, 5) is 15.3. The molecule has 1 amide bonds. The Hall–Kier alpha value is -2.77. The van der Waals surface area contributed by atoms with Crippen molar-refractivity contribution in [3.63, 3.8) is 0 Å². The van der Waals surface area contributed by atoms with Crippen molar-refractivity contribution in [1.82, 2.24) is 4.98 Å². The molecular weight excluding hydrogens is 286 g/mol. The molecule has 0 bridgehead atoms. The summed E-state index contributed by atoms with van der Waals surface area (Å²) in [6.45, 7) is 0. The molecule has 0 unspecified atom stereocenters. The minimum absolute atomic E-state index is 0.257. The van der Waals surface area contributed by atoms with E-state index in [0.717, 1.165) is 10.9 Å². The lowest BCUT2D eigenvalue weighted by Gasteiger charge is -2.04. The number of nitriles is 1. The highest BCUT2D eigenvalue weighted by Crippen LogP contribution is 2.21. The van der Waals surface area contributed by atoms with Crippen molar-refractivity contribution >= 4 is 34.1 Å². The first-order chi connectivity index (χ1) is 10.2. The molecule has 0 aliphatic carbocycles. The van der Waals surface area contributed by atoms with Crippen molar-refractivity contribution in [1.29, 1.82) is 5.26 Å². The summed E-state index contributed by atoms with van der Waals surface area (Å²) in [5, 5.41) is 12.9. The Kier molecular flexibility index (Phi) is 3.35. The van der Waals surface area contributed by atoms with E-state index in [1.807, 2.05) is 30.3 Å². The monoisotopic (exact) mass is 295 g/mol. The van der Waals surface area contributed by atoms with Crippen LogP contribution in [0.3, 0.4) is 0 Å². The van der Waals surface area contributed by atoms with Gasteiger partial charge in [0.15, 0.2) is 0 Å². The predicted octanol–water partition coefficient (Wildman–Crippen LogP) is 3.95. The van der Waals surface area contributed by atoms with Gasteiger partial charge in [-0.2, -0.15) is 5.26 Å². The molecule has 0 radical (unpaired) electrons. The molecule has 0 spiro atoms. The Balaban J connectivity index is 1.86. The number of carbonyl (C=O) groups is 1. The highest BCUT2D eigenvalue weighted by molar-refractivity contribution is 6.32. The zero-order valence-electron chi connectivity index (χ0n) is 10.9. The number of hydrogen-bond acceptors (Lipinski definition) is 2. The highest BCUT2D eigenvalue weighted by atomic mass is 35.5. The first kappa shape index (κ1) is 13.2. The first-order valence-corrected chi connectivity index (χ1v) is 6.64. The van der Waals surface area contributed by atoms with Crippen molar-refractivity contribution in [2.24, 2.45) is 0 Å². The van der Waals surface area contributed by atoms with E-state index >= 15 is 0 Å². The van der Waals surface area contributed by atoms with Gasteiger partial charge in [0.1, 0.15) is 11.8 Å². The average molecular weight is 296 g/mol. The summed E-state index contributed by atoms with van der Waals surface area (Å²) < 4.78 is 0. The molecule has 0 saturated carbocycles. The van der Waals surface area contributed by atoms with E-state index in [9.17, 15) is 4.79 Å². The van der Waals surface area contributed by atoms with Gasteiger partial charge in [0.25, 0.3) is 5.91 Å². The van der Waals surface area contributed by atoms with Gasteiger partial charge < -0.3 is 10.3 Å². The van der Waals surface area contributed by atoms with E-state index in [-0.39, 0.29) is 5.91 Å². The Morgan fingerprint density at radius 2 is 2.00 bits per heavy atom. The lowest BCUT2D eigenvalue weighted by atomic mass is 10.2. The summed E-state index contributed by atoms with van der Waals surface area (Å²) in [6.07, 6.45) is 0. The summed E-state index contributed by atoms with van der Waals surface area (Å²) in [5.41, 5.74) is 2.29. The van der Waals surface area contributed by atoms with Gasteiger partial charge in [-0.05, 0) is 30.3 Å². The van der Waals surface area contributed by atoms with Crippen LogP contribution in [0.5, 0.6) is 0 Å². The fourth-order valence-electron chi connectivity index (χ4n) is 2.08. The number of nitrogens with one attached hydrogen (secondary N) is 2. The molecule has 3 aromatic rings. The average Bonchev–Trinajstić information content (AvgIpc) is 2.91. The molecule has 0 aliphatic heterocycles. The minimum atomic E-state index is -0.257. The lowest BCUT2D eigenvalue weighted by molar-refractivity contribution is 0.102. The number of amides is 1. The minimum Gasteiger partial charge on any atom is -0.351 e. The van der Waals surface area contributed by atoms with Crippen LogP contribution in [0.1, 0.15) is 16.1 Å². The SMILES string of the molecule is N#Cc1ccc(NC(=O)c2cc3ccccc3[nH]2)cc1Cl. The van der Waals surface area contributed by atoms with Crippen LogP contribution in [0.25, 0.3) is 10.9 Å². The second kappa shape index (κ2) is 5.31. The van der Waals surface area contributed by atoms with E-state index in [0.29, 0.717) is 22.0 Å². The van der Waals surface area contributed by atoms with Crippen LogP contribution in [0.15, 0.2) is 48.5 Å². The van der Waals surface area contributed by atoms with Crippen LogP contribution in [0.4, 0.5) is 5.69 Å². The maximum absolute atomic E-state index is 12.2. The van der Waals surface area contributed by atoms with Crippen molar-refractivity contribution in [3.8, 4) is 6.07 Å². The number of anilines is 1. The molecule has 5 heteroatoms. The van der Waals surface area contributed by atoms with Gasteiger partial charge in [0.2, 0.25) is 0 Å². The summed E-state index contributed by atoms with van der Waals surface area (Å²) in [5.74, 6) is -0.257. The zero-order chi connectivity index (χ0) is 14.8. The molecule has 3 rings (SSSR count). The number of rotatable bonds is 2. The molecule has 0 fully saturated rings. The van der Waals surface area contributed by atoms with E-state index in [1.54, 1.807) is 24.3 Å². The quantitative estimate of drug-likeness (QED) is 0.751. The number of benzene rings is 2. The number of aromatic nitrogens is 1. The number of halogens is 1. The smallest absolute Gasteiger partial charge is 0.272 e. The zero-order valence-corrected chi connectivity index (χ0v) is 11.6. The fourth-order valence-corrected chi connectivity index (χ4v) is 2.30. The number of hydrogen-bond donors (Lipinski definition) is 2. The third-order valence-corrected chi connectivity index (χ3v) is 3.43. The summed E-state index contributed by atoms with van der Waals surface area (Å²) in [7, 11) is 0. The van der Waals surface area contributed by atoms with Gasteiger partial charge in [0, 0.05) is 16.6 Å². The Morgan fingerprint density at radius 1 is 1.19 bits per heavy atom. The van der Waals surface area contributed by atoms with Gasteiger partial charge in [-0.1, -0.05) is 29.8 Å². The Bertz CT molecular complexity index is 844. The molecule has 1 heterocycles. The molecule has 0 atom stereocenters. The molecule has 2 aromatic carbocycles. The maximum atomic E-state index is 12.2. The summed E-state index contributed by atoms with van der Waals surface area (Å²) >= 11 is 5.94. The van der Waals surface area contributed by atoms with Crippen LogP contribution < -0.4 is 5.32 Å². The molecule has 1 aromatic heterocycles. The third-order valence-electron chi connectivity index (χ3n) is 3.12. The van der Waals surface area contributed by atoms with Crippen molar-refractivity contribution in [2.45, 2.75) is 0 Å². The number of H-pyrrole nitrogens is 1. The predicted molar refractivity (Wildman–Crippen MR) is 82.4 cm³/mol. The standard InChI is InChI=1S/C16H10ClN3O/c17-13-8-12(6-5-11(13)9-18)19-16(21)15-7-10-3-1-2-4-14(10)20-15/h1-8,20H,(H,19,21). The molecule has 102 valence electrons. The number of fused-ring (bicyclic) bond motifs is 1. The maximum Gasteiger partial charge on any atom is 0.272 e. The van der Waals surface area contributed by atoms with Crippen molar-refractivity contribution in [2.75, 3.05) is 5.32 Å². The van der Waals surface area contributed by atoms with Crippen LogP contribution in [-0.4, -0.2) is 10.9 Å². The van der Waals surface area contributed by atoms with Crippen LogP contribution in [-0.2, 0) is 0 Å². The fraction of sp³-hybridized carbons (Fsp3) is 0. The van der Waals surface area contributed by atoms with E-state index in [1.165, 1.54) is 0 Å². The largest absolute Gasteiger partial charge is 0.351 e. The highest BCUT2D eigenvalue weighted by Gasteiger charge is 2.10. The second-order valence-electron chi connectivity index (χ2n) is 4.53. The first-order valence-electron chi connectivity index (χ1n) is 6.26. The topological polar surface area (TPSA) is 68.7 Å². The van der Waals surface area contributed by atoms with Crippen molar-refractivity contribution in [3.05, 3.63) is 64.8 Å².